The molecule has 0 aliphatic carbocycles. The van der Waals surface area contributed by atoms with Crippen molar-refractivity contribution < 1.29 is 17.9 Å². The largest absolute Gasteiger partial charge is 0.573 e. The Morgan fingerprint density at radius 2 is 1.79 bits per heavy atom. The molecule has 0 bridgehead atoms. The zero-order valence-electron chi connectivity index (χ0n) is 9.90. The summed E-state index contributed by atoms with van der Waals surface area (Å²) in [6.07, 6.45) is -2.82. The van der Waals surface area contributed by atoms with Crippen LogP contribution in [0.4, 0.5) is 18.9 Å². The summed E-state index contributed by atoms with van der Waals surface area (Å²) in [4.78, 5) is 7.62. The van der Waals surface area contributed by atoms with Gasteiger partial charge in [-0.3, -0.25) is 0 Å². The number of hydrogen-bond acceptors (Lipinski definition) is 4. The lowest BCUT2D eigenvalue weighted by Crippen LogP contribution is -2.17. The van der Waals surface area contributed by atoms with Gasteiger partial charge in [-0.15, -0.1) is 13.2 Å². The van der Waals surface area contributed by atoms with Gasteiger partial charge in [-0.1, -0.05) is 12.1 Å². The third-order valence-corrected chi connectivity index (χ3v) is 2.40. The molecule has 100 valence electrons. The van der Waals surface area contributed by atoms with Crippen LogP contribution in [0.25, 0.3) is 11.4 Å². The fraction of sp³-hybridized carbons (Fsp3) is 0.167. The van der Waals surface area contributed by atoms with Crippen molar-refractivity contribution in [3.8, 4) is 17.1 Å². The number of ether oxygens (including phenoxy) is 1. The zero-order chi connectivity index (χ0) is 14.0. The highest BCUT2D eigenvalue weighted by Crippen LogP contribution is 2.24. The van der Waals surface area contributed by atoms with Crippen molar-refractivity contribution in [1.29, 1.82) is 0 Å². The summed E-state index contributed by atoms with van der Waals surface area (Å²) < 4.78 is 39.6. The zero-order valence-corrected chi connectivity index (χ0v) is 9.90. The van der Waals surface area contributed by atoms with Gasteiger partial charge in [0.05, 0.1) is 12.4 Å². The summed E-state index contributed by atoms with van der Waals surface area (Å²) >= 11 is 0. The summed E-state index contributed by atoms with van der Waals surface area (Å²) in [5.41, 5.74) is 7.84. The number of aromatic nitrogens is 2. The van der Waals surface area contributed by atoms with E-state index >= 15 is 0 Å². The number of nitrogen functional groups attached to an aromatic ring is 1. The summed E-state index contributed by atoms with van der Waals surface area (Å²) in [6.45, 7) is 1.85. The van der Waals surface area contributed by atoms with Crippen molar-refractivity contribution in [2.45, 2.75) is 13.3 Å². The van der Waals surface area contributed by atoms with Crippen LogP contribution in [0.3, 0.4) is 0 Å². The van der Waals surface area contributed by atoms with E-state index in [0.717, 1.165) is 18.0 Å². The number of nitrogens with two attached hydrogens (primary N) is 1. The normalized spacial score (nSPS) is 11.4. The first-order valence-electron chi connectivity index (χ1n) is 5.29. The van der Waals surface area contributed by atoms with Crippen molar-refractivity contribution in [2.75, 3.05) is 5.73 Å². The molecule has 7 heteroatoms. The number of hydrogen-bond donors (Lipinski definition) is 1. The quantitative estimate of drug-likeness (QED) is 0.851. The maximum atomic E-state index is 12.0. The molecule has 2 N–H and O–H groups in total. The first-order chi connectivity index (χ1) is 8.85. The van der Waals surface area contributed by atoms with E-state index in [1.165, 1.54) is 0 Å². The molecule has 0 atom stereocenters. The molecule has 0 saturated carbocycles. The molecule has 0 unspecified atom stereocenters. The number of benzene rings is 1. The van der Waals surface area contributed by atoms with E-state index in [-0.39, 0.29) is 5.82 Å². The average molecular weight is 269 g/mol. The molecule has 1 heterocycles. The van der Waals surface area contributed by atoms with E-state index in [1.807, 2.05) is 6.92 Å². The van der Waals surface area contributed by atoms with Crippen molar-refractivity contribution >= 4 is 5.69 Å². The lowest BCUT2D eigenvalue weighted by molar-refractivity contribution is -0.274. The second-order valence-corrected chi connectivity index (χ2v) is 3.86. The van der Waals surface area contributed by atoms with Gasteiger partial charge >= 0.3 is 6.36 Å². The molecule has 0 radical (unpaired) electrons. The van der Waals surface area contributed by atoms with E-state index in [4.69, 9.17) is 5.73 Å². The first kappa shape index (κ1) is 13.1. The standard InChI is InChI=1S/C12H10F3N3O/c1-7-2-3-8(4-10(7)16)11-17-5-9(6-18-11)19-12(13,14)15/h2-6H,16H2,1H3. The van der Waals surface area contributed by atoms with Crippen molar-refractivity contribution in [2.24, 2.45) is 0 Å². The average Bonchev–Trinajstić information content (AvgIpc) is 2.32. The van der Waals surface area contributed by atoms with Gasteiger partial charge in [-0.05, 0) is 18.6 Å². The molecular formula is C12H10F3N3O. The Bertz CT molecular complexity index is 582. The summed E-state index contributed by atoms with van der Waals surface area (Å²) in [6, 6.07) is 5.19. The highest BCUT2D eigenvalue weighted by atomic mass is 19.4. The third kappa shape index (κ3) is 3.34. The molecule has 4 nitrogen and oxygen atoms in total. The van der Waals surface area contributed by atoms with Gasteiger partial charge in [0.1, 0.15) is 0 Å². The van der Waals surface area contributed by atoms with Crippen LogP contribution in [0, 0.1) is 6.92 Å². The van der Waals surface area contributed by atoms with Gasteiger partial charge in [0.25, 0.3) is 0 Å². The minimum atomic E-state index is -4.75. The van der Waals surface area contributed by atoms with Crippen LogP contribution in [0.5, 0.6) is 5.75 Å². The van der Waals surface area contributed by atoms with E-state index < -0.39 is 12.1 Å². The number of halogens is 3. The van der Waals surface area contributed by atoms with Gasteiger partial charge in [0.2, 0.25) is 0 Å². The van der Waals surface area contributed by atoms with Crippen LogP contribution < -0.4 is 10.5 Å². The number of nitrogens with zero attached hydrogens (tertiary/aromatic N) is 2. The predicted octanol–water partition coefficient (Wildman–Crippen LogP) is 2.93. The molecule has 2 rings (SSSR count). The highest BCUT2D eigenvalue weighted by molar-refractivity contribution is 5.63. The first-order valence-corrected chi connectivity index (χ1v) is 5.29. The lowest BCUT2D eigenvalue weighted by Gasteiger charge is -2.08. The van der Waals surface area contributed by atoms with Crippen molar-refractivity contribution in [3.63, 3.8) is 0 Å². The molecule has 0 saturated heterocycles. The fourth-order valence-electron chi connectivity index (χ4n) is 1.43. The van der Waals surface area contributed by atoms with Gasteiger partial charge in [0.15, 0.2) is 11.6 Å². The monoisotopic (exact) mass is 269 g/mol. The lowest BCUT2D eigenvalue weighted by atomic mass is 10.1. The van der Waals surface area contributed by atoms with Crippen LogP contribution in [-0.4, -0.2) is 16.3 Å². The maximum Gasteiger partial charge on any atom is 0.573 e. The third-order valence-electron chi connectivity index (χ3n) is 2.40. The molecule has 0 aliphatic heterocycles. The Balaban J connectivity index is 2.25. The Kier molecular flexibility index (Phi) is 3.28. The van der Waals surface area contributed by atoms with Crippen LogP contribution in [-0.2, 0) is 0 Å². The maximum absolute atomic E-state index is 12.0. The second-order valence-electron chi connectivity index (χ2n) is 3.86. The second kappa shape index (κ2) is 4.75. The van der Waals surface area contributed by atoms with Gasteiger partial charge in [0, 0.05) is 11.3 Å². The van der Waals surface area contributed by atoms with E-state index in [9.17, 15) is 13.2 Å². The van der Waals surface area contributed by atoms with E-state index in [1.54, 1.807) is 18.2 Å². The molecular weight excluding hydrogens is 259 g/mol. The predicted molar refractivity (Wildman–Crippen MR) is 63.3 cm³/mol. The molecule has 0 aliphatic rings. The highest BCUT2D eigenvalue weighted by Gasteiger charge is 2.31. The number of rotatable bonds is 2. The van der Waals surface area contributed by atoms with Gasteiger partial charge < -0.3 is 10.5 Å². The fourth-order valence-corrected chi connectivity index (χ4v) is 1.43. The smallest absolute Gasteiger partial charge is 0.402 e. The van der Waals surface area contributed by atoms with Crippen molar-refractivity contribution in [1.82, 2.24) is 9.97 Å². The van der Waals surface area contributed by atoms with Crippen molar-refractivity contribution in [3.05, 3.63) is 36.2 Å². The number of anilines is 1. The summed E-state index contributed by atoms with van der Waals surface area (Å²) in [7, 11) is 0. The van der Waals surface area contributed by atoms with Crippen LogP contribution in [0.15, 0.2) is 30.6 Å². The summed E-state index contributed by atoms with van der Waals surface area (Å²) in [5.74, 6) is -0.183. The Hall–Kier alpha value is -2.31. The van der Waals surface area contributed by atoms with Crippen LogP contribution in [0.2, 0.25) is 0 Å². The number of alkyl halides is 3. The minimum Gasteiger partial charge on any atom is -0.402 e. The topological polar surface area (TPSA) is 61.0 Å². The van der Waals surface area contributed by atoms with Gasteiger partial charge in [-0.2, -0.15) is 0 Å². The Morgan fingerprint density at radius 3 is 2.32 bits per heavy atom. The molecule has 1 aromatic heterocycles. The molecule has 2 aromatic rings. The summed E-state index contributed by atoms with van der Waals surface area (Å²) in [5, 5.41) is 0. The molecule has 0 fully saturated rings. The molecule has 19 heavy (non-hydrogen) atoms. The van der Waals surface area contributed by atoms with Gasteiger partial charge in [-0.25, -0.2) is 9.97 Å². The van der Waals surface area contributed by atoms with E-state index in [2.05, 4.69) is 14.7 Å². The minimum absolute atomic E-state index is 0.279. The number of aryl methyl sites for hydroxylation is 1. The molecule has 0 spiro atoms. The molecule has 0 amide bonds. The van der Waals surface area contributed by atoms with Crippen LogP contribution in [0.1, 0.15) is 5.56 Å². The van der Waals surface area contributed by atoms with E-state index in [0.29, 0.717) is 11.3 Å². The Labute approximate surface area is 107 Å². The van der Waals surface area contributed by atoms with Crippen LogP contribution >= 0.6 is 0 Å². The molecule has 1 aromatic carbocycles. The SMILES string of the molecule is Cc1ccc(-c2ncc(OC(F)(F)F)cn2)cc1N. The Morgan fingerprint density at radius 1 is 1.16 bits per heavy atom.